The number of hydrogen-bond acceptors (Lipinski definition) is 7. The number of benzene rings is 1. The molecule has 29 heavy (non-hydrogen) atoms. The number of carboxylic acids is 1. The van der Waals surface area contributed by atoms with Crippen molar-refractivity contribution >= 4 is 55.7 Å². The van der Waals surface area contributed by atoms with E-state index in [2.05, 4.69) is 4.98 Å². The number of carbonyl (C=O) groups excluding carboxylic acids is 2. The molecule has 0 spiro atoms. The Hall–Kier alpha value is -3.42. The molecular formula is C16H14N4O7S2. The summed E-state index contributed by atoms with van der Waals surface area (Å²) >= 11 is 1.06. The van der Waals surface area contributed by atoms with Gasteiger partial charge in [-0.3, -0.25) is 19.1 Å². The fourth-order valence-electron chi connectivity index (χ4n) is 2.50. The van der Waals surface area contributed by atoms with Crippen LogP contribution in [0, 0.1) is 0 Å². The number of carboxylic acid groups (broad SMARTS) is 1. The zero-order valence-electron chi connectivity index (χ0n) is 14.7. The van der Waals surface area contributed by atoms with Gasteiger partial charge in [0.25, 0.3) is 15.9 Å². The van der Waals surface area contributed by atoms with E-state index in [0.717, 1.165) is 15.6 Å². The van der Waals surface area contributed by atoms with Crippen LogP contribution in [0.5, 0.6) is 0 Å². The Bertz CT molecular complexity index is 1200. The van der Waals surface area contributed by atoms with Crippen molar-refractivity contribution in [2.75, 3.05) is 11.4 Å². The van der Waals surface area contributed by atoms with Crippen molar-refractivity contribution in [2.24, 2.45) is 0 Å². The maximum Gasteiger partial charge on any atom is 0.398 e. The second-order valence-electron chi connectivity index (χ2n) is 5.69. The first kappa shape index (κ1) is 20.3. The van der Waals surface area contributed by atoms with E-state index in [-0.39, 0.29) is 15.6 Å². The summed E-state index contributed by atoms with van der Waals surface area (Å²) in [6.07, 6.45) is 0. The molecule has 0 saturated heterocycles. The number of sulfonamides is 1. The van der Waals surface area contributed by atoms with E-state index >= 15 is 0 Å². The smallest absolute Gasteiger partial charge is 0.398 e. The highest BCUT2D eigenvalue weighted by molar-refractivity contribution is 7.94. The summed E-state index contributed by atoms with van der Waals surface area (Å²) in [5.74, 6) is -4.72. The maximum absolute atomic E-state index is 12.8. The summed E-state index contributed by atoms with van der Waals surface area (Å²) in [5.41, 5.74) is 2.14. The van der Waals surface area contributed by atoms with Crippen molar-refractivity contribution in [3.05, 3.63) is 47.5 Å². The molecule has 0 aliphatic rings. The van der Waals surface area contributed by atoms with E-state index in [1.54, 1.807) is 29.0 Å². The second kappa shape index (κ2) is 7.54. The summed E-state index contributed by atoms with van der Waals surface area (Å²) in [5, 5.41) is 19.5. The van der Waals surface area contributed by atoms with Gasteiger partial charge in [-0.15, -0.1) is 16.5 Å². The fraction of sp³-hybridized carbons (Fsp3) is 0.0625. The van der Waals surface area contributed by atoms with Gasteiger partial charge in [-0.05, 0) is 23.6 Å². The number of hydrogen-bond donors (Lipinski definition) is 4. The number of anilines is 1. The molecule has 0 unspecified atom stereocenters. The van der Waals surface area contributed by atoms with Gasteiger partial charge in [0.2, 0.25) is 0 Å². The minimum absolute atomic E-state index is 0.133. The Kier molecular flexibility index (Phi) is 5.28. The van der Waals surface area contributed by atoms with E-state index in [9.17, 15) is 28.0 Å². The summed E-state index contributed by atoms with van der Waals surface area (Å²) in [4.78, 5) is 36.6. The van der Waals surface area contributed by atoms with Crippen molar-refractivity contribution in [3.8, 4) is 0 Å². The zero-order chi connectivity index (χ0) is 21.3. The first-order valence-electron chi connectivity index (χ1n) is 7.84. The quantitative estimate of drug-likeness (QED) is 0.268. The minimum Gasteiger partial charge on any atom is -0.474 e. The molecule has 0 bridgehead atoms. The lowest BCUT2D eigenvalue weighted by Crippen LogP contribution is -2.46. The van der Waals surface area contributed by atoms with Crippen LogP contribution < -0.4 is 9.73 Å². The summed E-state index contributed by atoms with van der Waals surface area (Å²) < 4.78 is 26.7. The van der Waals surface area contributed by atoms with Crippen LogP contribution in [0.3, 0.4) is 0 Å². The van der Waals surface area contributed by atoms with Crippen molar-refractivity contribution < 1.29 is 33.1 Å². The van der Waals surface area contributed by atoms with Gasteiger partial charge < -0.3 is 10.1 Å². The van der Waals surface area contributed by atoms with Crippen LogP contribution in [0.1, 0.15) is 10.5 Å². The molecular weight excluding hydrogens is 424 g/mol. The third-order valence-electron chi connectivity index (χ3n) is 3.91. The summed E-state index contributed by atoms with van der Waals surface area (Å²) in [7, 11) is -2.45. The molecule has 2 heterocycles. The van der Waals surface area contributed by atoms with E-state index in [4.69, 9.17) is 5.11 Å². The molecule has 0 radical (unpaired) electrons. The molecule has 0 aliphatic carbocycles. The van der Waals surface area contributed by atoms with Gasteiger partial charge in [-0.2, -0.15) is 0 Å². The molecule has 0 saturated carbocycles. The predicted octanol–water partition coefficient (Wildman–Crippen LogP) is 1.00. The Balaban J connectivity index is 1.95. The topological polar surface area (TPSA) is 160 Å². The second-order valence-corrected chi connectivity index (χ2v) is 8.84. The lowest BCUT2D eigenvalue weighted by molar-refractivity contribution is -0.185. The largest absolute Gasteiger partial charge is 0.474 e. The molecule has 152 valence electrons. The molecule has 2 aromatic heterocycles. The van der Waals surface area contributed by atoms with Gasteiger partial charge in [-0.1, -0.05) is 18.2 Å². The van der Waals surface area contributed by atoms with Gasteiger partial charge in [0, 0.05) is 12.4 Å². The number of hydroxylamine groups is 1. The van der Waals surface area contributed by atoms with E-state index < -0.39 is 33.0 Å². The van der Waals surface area contributed by atoms with E-state index in [1.807, 2.05) is 0 Å². The monoisotopic (exact) mass is 438 g/mol. The Morgan fingerprint density at radius 1 is 1.17 bits per heavy atom. The number of rotatable bonds is 4. The highest BCUT2D eigenvalue weighted by Gasteiger charge is 2.26. The Morgan fingerprint density at radius 2 is 1.90 bits per heavy atom. The average molecular weight is 438 g/mol. The number of nitrogens with zero attached hydrogens (tertiary/aromatic N) is 2. The number of aromatic nitrogens is 1. The van der Waals surface area contributed by atoms with Crippen molar-refractivity contribution in [1.29, 1.82) is 0 Å². The highest BCUT2D eigenvalue weighted by atomic mass is 32.2. The third-order valence-corrected chi connectivity index (χ3v) is 7.06. The first-order valence-corrected chi connectivity index (χ1v) is 10.2. The fourth-order valence-corrected chi connectivity index (χ4v) is 4.87. The van der Waals surface area contributed by atoms with Gasteiger partial charge in [0.15, 0.2) is 0 Å². The van der Waals surface area contributed by atoms with Crippen LogP contribution in [0.2, 0.25) is 0 Å². The molecule has 3 rings (SSSR count). The number of hydrazine groups is 1. The summed E-state index contributed by atoms with van der Waals surface area (Å²) in [6.45, 7) is 0. The number of nitrogens with one attached hydrogen (secondary N) is 2. The van der Waals surface area contributed by atoms with Gasteiger partial charge in [0.1, 0.15) is 9.90 Å². The molecule has 0 aliphatic heterocycles. The van der Waals surface area contributed by atoms with Crippen LogP contribution >= 0.6 is 11.3 Å². The third kappa shape index (κ3) is 3.78. The Labute approximate surface area is 167 Å². The van der Waals surface area contributed by atoms with Crippen LogP contribution in [-0.4, -0.2) is 53.7 Å². The lowest BCUT2D eigenvalue weighted by Gasteiger charge is -2.19. The average Bonchev–Trinajstić information content (AvgIpc) is 3.36. The standard InChI is InChI=1S/C16H14N4O7S2/c1-19(29(26,27)12-6-3-7-28-12)11-5-2-4-9-8-10(17-13(9)11)14(21)18-20(25)15(22)16(23)24/h2-8,17,25H,1H3,(H,18,21)(H,23,24). The van der Waals surface area contributed by atoms with Crippen LogP contribution in [0.25, 0.3) is 10.9 Å². The number of carbonyl (C=O) groups is 3. The van der Waals surface area contributed by atoms with Crippen LogP contribution in [0.15, 0.2) is 46.0 Å². The molecule has 4 N–H and O–H groups in total. The van der Waals surface area contributed by atoms with Crippen LogP contribution in [-0.2, 0) is 19.6 Å². The Morgan fingerprint density at radius 3 is 2.52 bits per heavy atom. The SMILES string of the molecule is CN(c1cccc2cc(C(=O)NN(O)C(=O)C(=O)O)[nH]c12)S(=O)(=O)c1cccs1. The molecule has 3 aromatic rings. The van der Waals surface area contributed by atoms with E-state index in [1.165, 1.54) is 25.2 Å². The number of fused-ring (bicyclic) bond motifs is 1. The number of H-pyrrole nitrogens is 1. The van der Waals surface area contributed by atoms with E-state index in [0.29, 0.717) is 10.9 Å². The number of para-hydroxylation sites is 1. The summed E-state index contributed by atoms with van der Waals surface area (Å²) in [6, 6.07) is 9.20. The first-order chi connectivity index (χ1) is 13.6. The van der Waals surface area contributed by atoms with Crippen molar-refractivity contribution in [3.63, 3.8) is 0 Å². The molecule has 11 nitrogen and oxygen atoms in total. The number of thiophene rings is 1. The molecule has 0 fully saturated rings. The van der Waals surface area contributed by atoms with Gasteiger partial charge in [0.05, 0.1) is 11.2 Å². The maximum atomic E-state index is 12.8. The van der Waals surface area contributed by atoms with Crippen molar-refractivity contribution in [2.45, 2.75) is 4.21 Å². The number of amides is 2. The molecule has 2 amide bonds. The molecule has 1 aromatic carbocycles. The van der Waals surface area contributed by atoms with Crippen LogP contribution in [0.4, 0.5) is 5.69 Å². The van der Waals surface area contributed by atoms with Crippen molar-refractivity contribution in [1.82, 2.24) is 15.6 Å². The number of aliphatic carboxylic acids is 1. The highest BCUT2D eigenvalue weighted by Crippen LogP contribution is 2.31. The van der Waals surface area contributed by atoms with Gasteiger partial charge in [-0.25, -0.2) is 18.6 Å². The predicted molar refractivity (Wildman–Crippen MR) is 102 cm³/mol. The number of aromatic amines is 1. The lowest BCUT2D eigenvalue weighted by atomic mass is 10.2. The molecule has 0 atom stereocenters. The normalized spacial score (nSPS) is 11.2. The zero-order valence-corrected chi connectivity index (χ0v) is 16.3. The van der Waals surface area contributed by atoms with Gasteiger partial charge >= 0.3 is 11.9 Å². The molecule has 13 heteroatoms. The minimum atomic E-state index is -3.82.